The van der Waals surface area contributed by atoms with E-state index in [9.17, 15) is 4.79 Å². The molecule has 3 aromatic rings. The van der Waals surface area contributed by atoms with Crippen molar-refractivity contribution < 1.29 is 4.74 Å². The fraction of sp³-hybridized carbons (Fsp3) is 0.143. The van der Waals surface area contributed by atoms with Crippen LogP contribution in [0, 0.1) is 0 Å². The Hall–Kier alpha value is -2.14. The average Bonchev–Trinajstić information content (AvgIpc) is 3.06. The molecule has 0 fully saturated rings. The number of ether oxygens (including phenoxy) is 1. The smallest absolute Gasteiger partial charge is 0.265 e. The number of aromatic nitrogens is 2. The van der Waals surface area contributed by atoms with Crippen LogP contribution in [0.2, 0.25) is 0 Å². The van der Waals surface area contributed by atoms with Gasteiger partial charge in [0.2, 0.25) is 5.88 Å². The summed E-state index contributed by atoms with van der Waals surface area (Å²) in [7, 11) is 0. The molecule has 1 atom stereocenters. The van der Waals surface area contributed by atoms with Gasteiger partial charge in [0.05, 0.1) is 5.56 Å². The van der Waals surface area contributed by atoms with Crippen LogP contribution in [0.3, 0.4) is 0 Å². The first kappa shape index (κ1) is 10.8. The van der Waals surface area contributed by atoms with Gasteiger partial charge in [-0.3, -0.25) is 9.20 Å². The number of fused-ring (bicyclic) bond motifs is 2. The summed E-state index contributed by atoms with van der Waals surface area (Å²) in [5.74, 6) is 0.487. The molecule has 0 N–H and O–H groups in total. The van der Waals surface area contributed by atoms with E-state index < -0.39 is 0 Å². The van der Waals surface area contributed by atoms with Crippen molar-refractivity contribution in [1.29, 1.82) is 0 Å². The van der Waals surface area contributed by atoms with Gasteiger partial charge in [-0.25, -0.2) is 0 Å². The lowest BCUT2D eigenvalue weighted by Gasteiger charge is -2.09. The van der Waals surface area contributed by atoms with Gasteiger partial charge in [-0.2, -0.15) is 4.98 Å². The van der Waals surface area contributed by atoms with E-state index in [0.717, 1.165) is 5.56 Å². The second-order valence-electron chi connectivity index (χ2n) is 4.48. The van der Waals surface area contributed by atoms with E-state index in [2.05, 4.69) is 4.98 Å². The lowest BCUT2D eigenvalue weighted by Crippen LogP contribution is -2.16. The average molecular weight is 270 g/mol. The maximum absolute atomic E-state index is 12.3. The molecule has 1 aromatic carbocycles. The highest BCUT2D eigenvalue weighted by atomic mass is 32.1. The summed E-state index contributed by atoms with van der Waals surface area (Å²) in [5, 5.41) is 1.85. The van der Waals surface area contributed by atoms with Crippen molar-refractivity contribution in [2.45, 2.75) is 12.5 Å². The molecular formula is C14H10N2O2S. The molecule has 4 rings (SSSR count). The van der Waals surface area contributed by atoms with Crippen LogP contribution in [-0.4, -0.2) is 9.38 Å². The van der Waals surface area contributed by atoms with Gasteiger partial charge in [-0.1, -0.05) is 30.3 Å². The standard InChI is InChI=1S/C14H10N2O2S/c17-13-10-8-11(9-4-2-1-3-5-9)18-12(10)15-14-16(13)6-7-19-14/h1-7,11H,8H2. The number of benzene rings is 1. The molecule has 0 amide bonds. The first-order valence-electron chi connectivity index (χ1n) is 6.03. The van der Waals surface area contributed by atoms with Crippen molar-refractivity contribution in [3.63, 3.8) is 0 Å². The van der Waals surface area contributed by atoms with Crippen molar-refractivity contribution >= 4 is 16.3 Å². The van der Waals surface area contributed by atoms with Crippen molar-refractivity contribution in [3.05, 3.63) is 63.4 Å². The Kier molecular flexibility index (Phi) is 2.22. The number of rotatable bonds is 1. The van der Waals surface area contributed by atoms with Gasteiger partial charge < -0.3 is 4.74 Å². The van der Waals surface area contributed by atoms with Crippen molar-refractivity contribution in [2.75, 3.05) is 0 Å². The molecule has 1 aliphatic rings. The highest BCUT2D eigenvalue weighted by Crippen LogP contribution is 2.33. The van der Waals surface area contributed by atoms with E-state index in [1.165, 1.54) is 11.3 Å². The molecule has 0 saturated carbocycles. The summed E-state index contributed by atoms with van der Waals surface area (Å²) in [4.78, 5) is 17.4. The monoisotopic (exact) mass is 270 g/mol. The van der Waals surface area contributed by atoms with Crippen LogP contribution in [0.5, 0.6) is 5.88 Å². The van der Waals surface area contributed by atoms with Crippen LogP contribution in [0.25, 0.3) is 4.96 Å². The topological polar surface area (TPSA) is 43.6 Å². The largest absolute Gasteiger partial charge is 0.469 e. The van der Waals surface area contributed by atoms with E-state index in [-0.39, 0.29) is 11.7 Å². The molecule has 94 valence electrons. The van der Waals surface area contributed by atoms with Gasteiger partial charge in [0, 0.05) is 18.0 Å². The first-order chi connectivity index (χ1) is 9.33. The summed E-state index contributed by atoms with van der Waals surface area (Å²) >= 11 is 1.44. The fourth-order valence-corrected chi connectivity index (χ4v) is 3.08. The summed E-state index contributed by atoms with van der Waals surface area (Å²) in [6.45, 7) is 0. The summed E-state index contributed by atoms with van der Waals surface area (Å²) in [6.07, 6.45) is 2.24. The minimum atomic E-state index is -0.103. The molecule has 0 bridgehead atoms. The van der Waals surface area contributed by atoms with E-state index in [1.54, 1.807) is 10.6 Å². The minimum Gasteiger partial charge on any atom is -0.469 e. The predicted octanol–water partition coefficient (Wildman–Crippen LogP) is 2.43. The third-order valence-corrected chi connectivity index (χ3v) is 4.09. The molecule has 0 saturated heterocycles. The molecule has 19 heavy (non-hydrogen) atoms. The second kappa shape index (κ2) is 3.93. The number of nitrogens with zero attached hydrogens (tertiary/aromatic N) is 2. The van der Waals surface area contributed by atoms with Crippen LogP contribution in [0.15, 0.2) is 46.7 Å². The Morgan fingerprint density at radius 3 is 3.00 bits per heavy atom. The zero-order chi connectivity index (χ0) is 12.8. The van der Waals surface area contributed by atoms with Crippen molar-refractivity contribution in [2.24, 2.45) is 0 Å². The van der Waals surface area contributed by atoms with Crippen LogP contribution in [-0.2, 0) is 6.42 Å². The molecule has 4 nitrogen and oxygen atoms in total. The second-order valence-corrected chi connectivity index (χ2v) is 5.35. The van der Waals surface area contributed by atoms with Crippen molar-refractivity contribution in [3.8, 4) is 5.88 Å². The highest BCUT2D eigenvalue weighted by molar-refractivity contribution is 7.15. The minimum absolute atomic E-state index is 0.0142. The Labute approximate surface area is 112 Å². The maximum Gasteiger partial charge on any atom is 0.265 e. The lowest BCUT2D eigenvalue weighted by molar-refractivity contribution is 0.231. The molecule has 0 spiro atoms. The van der Waals surface area contributed by atoms with Crippen LogP contribution < -0.4 is 10.3 Å². The van der Waals surface area contributed by atoms with Crippen LogP contribution >= 0.6 is 11.3 Å². The first-order valence-corrected chi connectivity index (χ1v) is 6.91. The quantitative estimate of drug-likeness (QED) is 0.682. The molecule has 1 aliphatic heterocycles. The van der Waals surface area contributed by atoms with Crippen LogP contribution in [0.1, 0.15) is 17.2 Å². The van der Waals surface area contributed by atoms with Gasteiger partial charge >= 0.3 is 0 Å². The number of thiazole rings is 1. The van der Waals surface area contributed by atoms with Gasteiger partial charge in [0.25, 0.3) is 5.56 Å². The van der Waals surface area contributed by atoms with E-state index in [0.29, 0.717) is 22.8 Å². The molecule has 1 unspecified atom stereocenters. The molecule has 0 radical (unpaired) electrons. The van der Waals surface area contributed by atoms with Crippen LogP contribution in [0.4, 0.5) is 0 Å². The maximum atomic E-state index is 12.3. The molecular weight excluding hydrogens is 260 g/mol. The fourth-order valence-electron chi connectivity index (χ4n) is 2.39. The zero-order valence-corrected chi connectivity index (χ0v) is 10.8. The Balaban J connectivity index is 1.82. The van der Waals surface area contributed by atoms with Gasteiger partial charge in [0.1, 0.15) is 6.10 Å². The van der Waals surface area contributed by atoms with Gasteiger partial charge in [-0.05, 0) is 5.56 Å². The lowest BCUT2D eigenvalue weighted by atomic mass is 10.1. The van der Waals surface area contributed by atoms with Gasteiger partial charge in [0.15, 0.2) is 4.96 Å². The molecule has 2 aromatic heterocycles. The zero-order valence-electron chi connectivity index (χ0n) is 9.95. The molecule has 3 heterocycles. The molecule has 0 aliphatic carbocycles. The third-order valence-electron chi connectivity index (χ3n) is 3.34. The van der Waals surface area contributed by atoms with E-state index >= 15 is 0 Å². The summed E-state index contributed by atoms with van der Waals surface area (Å²) < 4.78 is 7.42. The Morgan fingerprint density at radius 2 is 2.16 bits per heavy atom. The SMILES string of the molecule is O=c1c2c(nc3sccn13)OC(c1ccccc1)C2. The van der Waals surface area contributed by atoms with Gasteiger partial charge in [-0.15, -0.1) is 11.3 Å². The van der Waals surface area contributed by atoms with E-state index in [4.69, 9.17) is 4.74 Å². The summed E-state index contributed by atoms with van der Waals surface area (Å²) in [5.41, 5.74) is 1.73. The Morgan fingerprint density at radius 1 is 1.32 bits per heavy atom. The number of hydrogen-bond donors (Lipinski definition) is 0. The molecule has 5 heteroatoms. The highest BCUT2D eigenvalue weighted by Gasteiger charge is 2.29. The van der Waals surface area contributed by atoms with E-state index in [1.807, 2.05) is 35.7 Å². The predicted molar refractivity (Wildman–Crippen MR) is 72.9 cm³/mol. The normalized spacial score (nSPS) is 17.4. The number of hydrogen-bond acceptors (Lipinski definition) is 4. The van der Waals surface area contributed by atoms with Crippen molar-refractivity contribution in [1.82, 2.24) is 9.38 Å². The third kappa shape index (κ3) is 1.58. The Bertz CT molecular complexity index is 807. The summed E-state index contributed by atoms with van der Waals surface area (Å²) in [6, 6.07) is 9.93.